The largest absolute Gasteiger partial charge is 0.377 e. The van der Waals surface area contributed by atoms with Gasteiger partial charge >= 0.3 is 0 Å². The number of amides is 1. The Morgan fingerprint density at radius 1 is 1.60 bits per heavy atom. The van der Waals surface area contributed by atoms with E-state index in [-0.39, 0.29) is 17.9 Å². The molecule has 0 aromatic heterocycles. The van der Waals surface area contributed by atoms with Crippen LogP contribution < -0.4 is 5.32 Å². The minimum Gasteiger partial charge on any atom is -0.377 e. The maximum atomic E-state index is 12.0. The van der Waals surface area contributed by atoms with Gasteiger partial charge in [0.2, 0.25) is 5.91 Å². The average Bonchev–Trinajstić information content (AvgIpc) is 2.72. The van der Waals surface area contributed by atoms with Crippen molar-refractivity contribution in [1.29, 1.82) is 0 Å². The lowest BCUT2D eigenvalue weighted by atomic mass is 9.98. The Balaban J connectivity index is 2.44. The van der Waals surface area contributed by atoms with Gasteiger partial charge in [0.1, 0.15) is 0 Å². The van der Waals surface area contributed by atoms with Crippen molar-refractivity contribution in [2.45, 2.75) is 25.9 Å². The van der Waals surface area contributed by atoms with E-state index in [1.54, 1.807) is 4.90 Å². The fraction of sp³-hybridized carbons (Fsp3) is 0.909. The van der Waals surface area contributed by atoms with Crippen LogP contribution >= 0.6 is 0 Å². The van der Waals surface area contributed by atoms with Gasteiger partial charge in [0.15, 0.2) is 0 Å². The molecule has 1 N–H and O–H groups in total. The summed E-state index contributed by atoms with van der Waals surface area (Å²) in [7, 11) is 3.76. The molecule has 4 heteroatoms. The summed E-state index contributed by atoms with van der Waals surface area (Å²) in [5.74, 6) is 0.312. The number of nitrogens with one attached hydrogen (secondary N) is 1. The van der Waals surface area contributed by atoms with Crippen LogP contribution in [0.1, 0.15) is 19.8 Å². The zero-order valence-electron chi connectivity index (χ0n) is 9.95. The Kier molecular flexibility index (Phi) is 5.05. The van der Waals surface area contributed by atoms with Crippen LogP contribution in [0.5, 0.6) is 0 Å². The zero-order valence-corrected chi connectivity index (χ0v) is 9.95. The molecule has 88 valence electrons. The first-order valence-corrected chi connectivity index (χ1v) is 5.71. The van der Waals surface area contributed by atoms with E-state index in [2.05, 4.69) is 12.2 Å². The first kappa shape index (κ1) is 12.5. The standard InChI is InChI=1S/C11H22N2O2/c1-4-10-9(5-8-15-10)11(14)13(3)7-6-12-2/h9-10,12H,4-8H2,1-3H3. The monoisotopic (exact) mass is 214 g/mol. The summed E-state index contributed by atoms with van der Waals surface area (Å²) in [5.41, 5.74) is 0. The van der Waals surface area contributed by atoms with Crippen LogP contribution in [0.15, 0.2) is 0 Å². The molecule has 1 amide bonds. The van der Waals surface area contributed by atoms with E-state index in [0.717, 1.165) is 32.5 Å². The van der Waals surface area contributed by atoms with Gasteiger partial charge < -0.3 is 15.0 Å². The molecule has 2 unspecified atom stereocenters. The van der Waals surface area contributed by atoms with E-state index in [4.69, 9.17) is 4.74 Å². The highest BCUT2D eigenvalue weighted by atomic mass is 16.5. The molecule has 1 rings (SSSR count). The molecule has 1 saturated heterocycles. The number of hydrogen-bond donors (Lipinski definition) is 1. The highest BCUT2D eigenvalue weighted by Gasteiger charge is 2.34. The van der Waals surface area contributed by atoms with E-state index in [0.29, 0.717) is 0 Å². The van der Waals surface area contributed by atoms with Crippen LogP contribution in [0.25, 0.3) is 0 Å². The van der Waals surface area contributed by atoms with Gasteiger partial charge in [-0.1, -0.05) is 6.92 Å². The van der Waals surface area contributed by atoms with Gasteiger partial charge in [0.25, 0.3) is 0 Å². The van der Waals surface area contributed by atoms with Crippen LogP contribution in [0.2, 0.25) is 0 Å². The molecule has 0 bridgehead atoms. The molecule has 0 saturated carbocycles. The lowest BCUT2D eigenvalue weighted by Crippen LogP contribution is -2.39. The fourth-order valence-corrected chi connectivity index (χ4v) is 2.01. The normalized spacial score (nSPS) is 25.5. The third-order valence-corrected chi connectivity index (χ3v) is 3.00. The lowest BCUT2D eigenvalue weighted by molar-refractivity contribution is -0.135. The molecular weight excluding hydrogens is 192 g/mol. The predicted molar refractivity (Wildman–Crippen MR) is 59.7 cm³/mol. The van der Waals surface area contributed by atoms with Gasteiger partial charge in [-0.15, -0.1) is 0 Å². The minimum absolute atomic E-state index is 0.0804. The molecule has 15 heavy (non-hydrogen) atoms. The fourth-order valence-electron chi connectivity index (χ4n) is 2.01. The first-order valence-electron chi connectivity index (χ1n) is 5.71. The SMILES string of the molecule is CCC1OCCC1C(=O)N(C)CCNC. The maximum absolute atomic E-state index is 12.0. The highest BCUT2D eigenvalue weighted by molar-refractivity contribution is 5.79. The third kappa shape index (κ3) is 3.18. The van der Waals surface area contributed by atoms with Gasteiger partial charge in [-0.05, 0) is 19.9 Å². The van der Waals surface area contributed by atoms with Crippen LogP contribution in [0.4, 0.5) is 0 Å². The second-order valence-corrected chi connectivity index (χ2v) is 4.08. The van der Waals surface area contributed by atoms with Gasteiger partial charge in [0, 0.05) is 26.7 Å². The molecule has 0 aromatic rings. The van der Waals surface area contributed by atoms with Crippen molar-refractivity contribution in [3.8, 4) is 0 Å². The molecular formula is C11H22N2O2. The minimum atomic E-state index is 0.0804. The predicted octanol–water partition coefficient (Wildman–Crippen LogP) is 0.479. The summed E-state index contributed by atoms with van der Waals surface area (Å²) in [6, 6.07) is 0. The number of ether oxygens (including phenoxy) is 1. The smallest absolute Gasteiger partial charge is 0.228 e. The first-order chi connectivity index (χ1) is 7.20. The van der Waals surface area contributed by atoms with Crippen molar-refractivity contribution >= 4 is 5.91 Å². The number of nitrogens with zero attached hydrogens (tertiary/aromatic N) is 1. The second-order valence-electron chi connectivity index (χ2n) is 4.08. The summed E-state index contributed by atoms with van der Waals surface area (Å²) in [5, 5.41) is 3.04. The molecule has 1 aliphatic rings. The quantitative estimate of drug-likeness (QED) is 0.724. The summed E-state index contributed by atoms with van der Waals surface area (Å²) < 4.78 is 5.53. The molecule has 4 nitrogen and oxygen atoms in total. The topological polar surface area (TPSA) is 41.6 Å². The van der Waals surface area contributed by atoms with Crippen LogP contribution in [0.3, 0.4) is 0 Å². The zero-order chi connectivity index (χ0) is 11.3. The number of carbonyl (C=O) groups is 1. The van der Waals surface area contributed by atoms with Crippen molar-refractivity contribution in [2.24, 2.45) is 5.92 Å². The molecule has 0 spiro atoms. The molecule has 2 atom stereocenters. The van der Waals surface area contributed by atoms with Crippen molar-refractivity contribution < 1.29 is 9.53 Å². The van der Waals surface area contributed by atoms with Crippen LogP contribution in [0, 0.1) is 5.92 Å². The van der Waals surface area contributed by atoms with Gasteiger partial charge in [-0.25, -0.2) is 0 Å². The Labute approximate surface area is 92.0 Å². The van der Waals surface area contributed by atoms with Crippen molar-refractivity contribution in [3.63, 3.8) is 0 Å². The summed E-state index contributed by atoms with van der Waals surface area (Å²) >= 11 is 0. The Morgan fingerprint density at radius 3 is 2.93 bits per heavy atom. The average molecular weight is 214 g/mol. The van der Waals surface area contributed by atoms with Gasteiger partial charge in [-0.2, -0.15) is 0 Å². The Hall–Kier alpha value is -0.610. The Bertz CT molecular complexity index is 209. The van der Waals surface area contributed by atoms with Gasteiger partial charge in [0.05, 0.1) is 12.0 Å². The summed E-state index contributed by atoms with van der Waals surface area (Å²) in [4.78, 5) is 13.8. The van der Waals surface area contributed by atoms with E-state index < -0.39 is 0 Å². The van der Waals surface area contributed by atoms with E-state index in [9.17, 15) is 4.79 Å². The number of hydrogen-bond acceptors (Lipinski definition) is 3. The van der Waals surface area contributed by atoms with Crippen molar-refractivity contribution in [3.05, 3.63) is 0 Å². The Morgan fingerprint density at radius 2 is 2.33 bits per heavy atom. The molecule has 0 radical (unpaired) electrons. The third-order valence-electron chi connectivity index (χ3n) is 3.00. The molecule has 1 aliphatic heterocycles. The number of rotatable bonds is 5. The van der Waals surface area contributed by atoms with Gasteiger partial charge in [-0.3, -0.25) is 4.79 Å². The summed E-state index contributed by atoms with van der Waals surface area (Å²) in [6.07, 6.45) is 1.94. The molecule has 0 aromatic carbocycles. The second kappa shape index (κ2) is 6.08. The van der Waals surface area contributed by atoms with E-state index in [1.807, 2.05) is 14.1 Å². The highest BCUT2D eigenvalue weighted by Crippen LogP contribution is 2.24. The van der Waals surface area contributed by atoms with Crippen molar-refractivity contribution in [1.82, 2.24) is 10.2 Å². The van der Waals surface area contributed by atoms with E-state index in [1.165, 1.54) is 0 Å². The summed E-state index contributed by atoms with van der Waals surface area (Å²) in [6.45, 7) is 4.41. The van der Waals surface area contributed by atoms with E-state index >= 15 is 0 Å². The number of carbonyl (C=O) groups excluding carboxylic acids is 1. The number of likely N-dealkylation sites (N-methyl/N-ethyl adjacent to an activating group) is 2. The van der Waals surface area contributed by atoms with Crippen LogP contribution in [-0.2, 0) is 9.53 Å². The lowest BCUT2D eigenvalue weighted by Gasteiger charge is -2.23. The maximum Gasteiger partial charge on any atom is 0.228 e. The van der Waals surface area contributed by atoms with Crippen LogP contribution in [-0.4, -0.2) is 50.7 Å². The molecule has 0 aliphatic carbocycles. The molecule has 1 heterocycles. The van der Waals surface area contributed by atoms with Crippen molar-refractivity contribution in [2.75, 3.05) is 33.8 Å². The molecule has 1 fully saturated rings.